The number of carbonyl (C=O) groups is 2. The highest BCUT2D eigenvalue weighted by atomic mass is 16.5. The second-order valence-electron chi connectivity index (χ2n) is 8.05. The summed E-state index contributed by atoms with van der Waals surface area (Å²) >= 11 is 0. The van der Waals surface area contributed by atoms with Crippen LogP contribution in [0.2, 0.25) is 0 Å². The van der Waals surface area contributed by atoms with E-state index >= 15 is 0 Å². The molecule has 0 aliphatic carbocycles. The lowest BCUT2D eigenvalue weighted by molar-refractivity contribution is -0.132. The second kappa shape index (κ2) is 10.5. The van der Waals surface area contributed by atoms with Crippen molar-refractivity contribution >= 4 is 11.8 Å². The summed E-state index contributed by atoms with van der Waals surface area (Å²) in [7, 11) is 0. The van der Waals surface area contributed by atoms with E-state index in [9.17, 15) is 9.59 Å². The van der Waals surface area contributed by atoms with Gasteiger partial charge in [-0.15, -0.1) is 0 Å². The van der Waals surface area contributed by atoms with E-state index in [2.05, 4.69) is 9.97 Å². The zero-order valence-electron chi connectivity index (χ0n) is 17.6. The molecule has 8 nitrogen and oxygen atoms in total. The third-order valence-corrected chi connectivity index (χ3v) is 5.74. The molecule has 1 aromatic heterocycles. The van der Waals surface area contributed by atoms with Crippen molar-refractivity contribution in [2.24, 2.45) is 5.92 Å². The van der Waals surface area contributed by atoms with Crippen LogP contribution in [0.25, 0.3) is 0 Å². The SMILES string of the molecule is O=C1CN(C(=O)c2cnccn2)CC(OCc2ccccc2)CN1CC1CCOCC1. The Balaban J connectivity index is 1.48. The maximum atomic E-state index is 13.1. The summed E-state index contributed by atoms with van der Waals surface area (Å²) in [5, 5.41) is 0. The van der Waals surface area contributed by atoms with Crippen LogP contribution in [0.5, 0.6) is 0 Å². The van der Waals surface area contributed by atoms with Crippen LogP contribution in [0, 0.1) is 5.92 Å². The van der Waals surface area contributed by atoms with Gasteiger partial charge in [0.2, 0.25) is 5.91 Å². The zero-order chi connectivity index (χ0) is 21.5. The van der Waals surface area contributed by atoms with Gasteiger partial charge in [-0.3, -0.25) is 14.6 Å². The predicted molar refractivity (Wildman–Crippen MR) is 113 cm³/mol. The lowest BCUT2D eigenvalue weighted by atomic mass is 9.99. The fourth-order valence-corrected chi connectivity index (χ4v) is 4.02. The van der Waals surface area contributed by atoms with Gasteiger partial charge in [-0.1, -0.05) is 30.3 Å². The Morgan fingerprint density at radius 2 is 1.94 bits per heavy atom. The molecule has 0 saturated carbocycles. The van der Waals surface area contributed by atoms with Gasteiger partial charge in [0.05, 0.1) is 18.9 Å². The molecular weight excluding hydrogens is 396 g/mol. The topological polar surface area (TPSA) is 84.9 Å². The predicted octanol–water partition coefficient (Wildman–Crippen LogP) is 1.77. The third-order valence-electron chi connectivity index (χ3n) is 5.74. The van der Waals surface area contributed by atoms with Crippen LogP contribution in [0.4, 0.5) is 0 Å². The molecule has 0 bridgehead atoms. The number of carbonyl (C=O) groups excluding carboxylic acids is 2. The highest BCUT2D eigenvalue weighted by Crippen LogP contribution is 2.19. The van der Waals surface area contributed by atoms with Gasteiger partial charge >= 0.3 is 0 Å². The van der Waals surface area contributed by atoms with Gasteiger partial charge in [0, 0.05) is 45.2 Å². The van der Waals surface area contributed by atoms with E-state index in [1.54, 1.807) is 0 Å². The first-order valence-electron chi connectivity index (χ1n) is 10.8. The van der Waals surface area contributed by atoms with Gasteiger partial charge in [-0.2, -0.15) is 0 Å². The minimum atomic E-state index is -0.303. The summed E-state index contributed by atoms with van der Waals surface area (Å²) < 4.78 is 11.6. The van der Waals surface area contributed by atoms with Gasteiger partial charge in [0.1, 0.15) is 12.2 Å². The molecule has 2 saturated heterocycles. The Morgan fingerprint density at radius 1 is 1.13 bits per heavy atom. The van der Waals surface area contributed by atoms with Crippen molar-refractivity contribution in [3.63, 3.8) is 0 Å². The molecule has 0 N–H and O–H groups in total. The molecule has 0 spiro atoms. The largest absolute Gasteiger partial charge is 0.381 e. The van der Waals surface area contributed by atoms with E-state index in [4.69, 9.17) is 9.47 Å². The van der Waals surface area contributed by atoms with Gasteiger partial charge in [-0.25, -0.2) is 4.98 Å². The first-order chi connectivity index (χ1) is 15.2. The van der Waals surface area contributed by atoms with Crippen LogP contribution >= 0.6 is 0 Å². The van der Waals surface area contributed by atoms with Crippen LogP contribution in [0.15, 0.2) is 48.9 Å². The van der Waals surface area contributed by atoms with Crippen molar-refractivity contribution in [2.45, 2.75) is 25.6 Å². The minimum absolute atomic E-state index is 0.0177. The van der Waals surface area contributed by atoms with Gasteiger partial charge in [0.15, 0.2) is 0 Å². The lowest BCUT2D eigenvalue weighted by Crippen LogP contribution is -2.42. The molecule has 1 unspecified atom stereocenters. The number of nitrogens with zero attached hydrogens (tertiary/aromatic N) is 4. The molecule has 2 amide bonds. The average Bonchev–Trinajstić information content (AvgIpc) is 2.98. The lowest BCUT2D eigenvalue weighted by Gasteiger charge is -2.30. The number of hydrogen-bond acceptors (Lipinski definition) is 6. The molecule has 4 rings (SSSR count). The van der Waals surface area contributed by atoms with Gasteiger partial charge in [-0.05, 0) is 24.3 Å². The molecule has 8 heteroatoms. The quantitative estimate of drug-likeness (QED) is 0.703. The molecule has 1 atom stereocenters. The molecular formula is C23H28N4O4. The summed E-state index contributed by atoms with van der Waals surface area (Å²) in [6.45, 7) is 3.38. The van der Waals surface area contributed by atoms with Gasteiger partial charge in [0.25, 0.3) is 5.91 Å². The number of hydrogen-bond donors (Lipinski definition) is 0. The van der Waals surface area contributed by atoms with Gasteiger partial charge < -0.3 is 19.3 Å². The van der Waals surface area contributed by atoms with Crippen LogP contribution < -0.4 is 0 Å². The Labute approximate surface area is 182 Å². The second-order valence-corrected chi connectivity index (χ2v) is 8.05. The molecule has 31 heavy (non-hydrogen) atoms. The molecule has 1 aromatic carbocycles. The first-order valence-corrected chi connectivity index (χ1v) is 10.8. The van der Waals surface area contributed by atoms with E-state index in [0.717, 1.165) is 31.6 Å². The Kier molecular flexibility index (Phi) is 7.22. The molecule has 164 valence electrons. The molecule has 2 aliphatic rings. The van der Waals surface area contributed by atoms with E-state index in [0.29, 0.717) is 32.2 Å². The zero-order valence-corrected chi connectivity index (χ0v) is 17.6. The standard InChI is InChI=1S/C23H28N4O4/c28-22-16-27(23(29)21-12-24-8-9-25-21)15-20(31-17-19-4-2-1-3-5-19)14-26(22)13-18-6-10-30-11-7-18/h1-5,8-9,12,18,20H,6-7,10-11,13-17H2. The van der Waals surface area contributed by atoms with E-state index in [1.807, 2.05) is 35.2 Å². The van der Waals surface area contributed by atoms with E-state index < -0.39 is 0 Å². The molecule has 2 aromatic rings. The van der Waals surface area contributed by atoms with Crippen LogP contribution in [0.3, 0.4) is 0 Å². The highest BCUT2D eigenvalue weighted by molar-refractivity contribution is 5.95. The summed E-state index contributed by atoms with van der Waals surface area (Å²) in [5.41, 5.74) is 1.29. The van der Waals surface area contributed by atoms with Crippen LogP contribution in [-0.2, 0) is 20.9 Å². The maximum Gasteiger partial charge on any atom is 0.274 e. The molecule has 0 radical (unpaired) electrons. The van der Waals surface area contributed by atoms with Crippen LogP contribution in [-0.4, -0.2) is 77.1 Å². The van der Waals surface area contributed by atoms with Crippen molar-refractivity contribution in [1.29, 1.82) is 0 Å². The maximum absolute atomic E-state index is 13.1. The van der Waals surface area contributed by atoms with Crippen molar-refractivity contribution in [1.82, 2.24) is 19.8 Å². The van der Waals surface area contributed by atoms with Crippen molar-refractivity contribution in [3.8, 4) is 0 Å². The van der Waals surface area contributed by atoms with E-state index in [1.165, 1.54) is 23.5 Å². The van der Waals surface area contributed by atoms with Crippen LogP contribution in [0.1, 0.15) is 28.9 Å². The monoisotopic (exact) mass is 424 g/mol. The van der Waals surface area contributed by atoms with Crippen molar-refractivity contribution < 1.29 is 19.1 Å². The average molecular weight is 425 g/mol. The Hall–Kier alpha value is -2.84. The van der Waals surface area contributed by atoms with Crippen molar-refractivity contribution in [2.75, 3.05) is 39.4 Å². The fraction of sp³-hybridized carbons (Fsp3) is 0.478. The van der Waals surface area contributed by atoms with Crippen molar-refractivity contribution in [3.05, 3.63) is 60.2 Å². The summed E-state index contributed by atoms with van der Waals surface area (Å²) in [6, 6.07) is 9.91. The third kappa shape index (κ3) is 5.86. The summed E-state index contributed by atoms with van der Waals surface area (Å²) in [5.74, 6) is 0.0481. The number of benzene rings is 1. The number of amides is 2. The minimum Gasteiger partial charge on any atom is -0.381 e. The van der Waals surface area contributed by atoms with E-state index in [-0.39, 0.29) is 30.2 Å². The Bertz CT molecular complexity index is 858. The Morgan fingerprint density at radius 3 is 2.68 bits per heavy atom. The molecule has 2 fully saturated rings. The number of ether oxygens (including phenoxy) is 2. The fourth-order valence-electron chi connectivity index (χ4n) is 4.02. The molecule has 2 aliphatic heterocycles. The molecule has 3 heterocycles. The normalized spacial score (nSPS) is 20.5. The highest BCUT2D eigenvalue weighted by Gasteiger charge is 2.33. The summed E-state index contributed by atoms with van der Waals surface area (Å²) in [4.78, 5) is 37.5. The smallest absolute Gasteiger partial charge is 0.274 e. The summed E-state index contributed by atoms with van der Waals surface area (Å²) in [6.07, 6.45) is 6.03. The first kappa shape index (κ1) is 21.4. The number of aromatic nitrogens is 2. The number of rotatable bonds is 6.